The Bertz CT molecular complexity index is 849. The number of hydrogen-bond donors (Lipinski definition) is 2. The number of aryl methyl sites for hydroxylation is 2. The van der Waals surface area contributed by atoms with Crippen molar-refractivity contribution in [3.63, 3.8) is 0 Å². The number of amides is 2. The van der Waals surface area contributed by atoms with Crippen molar-refractivity contribution >= 4 is 33.8 Å². The number of hydrogen-bond acceptors (Lipinski definition) is 4. The number of rotatable bonds is 5. The summed E-state index contributed by atoms with van der Waals surface area (Å²) in [5.74, 6) is -0.0938. The summed E-state index contributed by atoms with van der Waals surface area (Å²) < 4.78 is 1.53. The summed E-state index contributed by atoms with van der Waals surface area (Å²) in [6, 6.07) is 4.83. The minimum atomic E-state index is -0.245. The molecule has 0 spiro atoms. The van der Waals surface area contributed by atoms with Crippen molar-refractivity contribution in [2.45, 2.75) is 33.2 Å². The summed E-state index contributed by atoms with van der Waals surface area (Å²) in [4.78, 5) is 36.4. The van der Waals surface area contributed by atoms with E-state index < -0.39 is 0 Å². The molecular weight excluding hydrogens is 326 g/mol. The number of pyridine rings is 1. The molecule has 0 aliphatic heterocycles. The maximum atomic E-state index is 12.5. The minimum Gasteiger partial charge on any atom is -0.320 e. The van der Waals surface area contributed by atoms with Gasteiger partial charge in [-0.05, 0) is 44.4 Å². The van der Waals surface area contributed by atoms with Gasteiger partial charge in [0.1, 0.15) is 0 Å². The van der Waals surface area contributed by atoms with Crippen molar-refractivity contribution < 1.29 is 9.59 Å². The molecule has 1 aliphatic rings. The van der Waals surface area contributed by atoms with Crippen molar-refractivity contribution in [3.8, 4) is 0 Å². The van der Waals surface area contributed by atoms with Crippen LogP contribution < -0.4 is 16.2 Å². The Morgan fingerprint density at radius 3 is 2.71 bits per heavy atom. The maximum absolute atomic E-state index is 12.5. The zero-order valence-corrected chi connectivity index (χ0v) is 14.4. The van der Waals surface area contributed by atoms with E-state index in [0.717, 1.165) is 18.4 Å². The monoisotopic (exact) mass is 345 g/mol. The molecule has 2 aromatic heterocycles. The molecule has 1 fully saturated rings. The molecule has 6 nitrogen and oxygen atoms in total. The zero-order chi connectivity index (χ0) is 17.3. The minimum absolute atomic E-state index is 0.0261. The van der Waals surface area contributed by atoms with E-state index in [4.69, 9.17) is 0 Å². The molecular formula is C17H19N3O3S. The molecule has 1 saturated carbocycles. The van der Waals surface area contributed by atoms with Crippen LogP contribution in [0.3, 0.4) is 0 Å². The highest BCUT2D eigenvalue weighted by atomic mass is 32.1. The lowest BCUT2D eigenvalue weighted by Gasteiger charge is -2.07. The Labute approximate surface area is 143 Å². The average molecular weight is 345 g/mol. The molecule has 2 aromatic rings. The number of carbonyl (C=O) groups excluding carboxylic acids is 2. The molecule has 24 heavy (non-hydrogen) atoms. The predicted octanol–water partition coefficient (Wildman–Crippen LogP) is 2.84. The third-order valence-electron chi connectivity index (χ3n) is 3.90. The molecule has 2 amide bonds. The number of aromatic nitrogens is 1. The summed E-state index contributed by atoms with van der Waals surface area (Å²) in [7, 11) is 0. The van der Waals surface area contributed by atoms with Crippen LogP contribution in [0.1, 0.15) is 35.0 Å². The van der Waals surface area contributed by atoms with Crippen molar-refractivity contribution in [1.82, 2.24) is 4.57 Å². The van der Waals surface area contributed by atoms with E-state index in [1.54, 1.807) is 12.3 Å². The van der Waals surface area contributed by atoms with Crippen LogP contribution in [-0.2, 0) is 11.3 Å². The number of nitrogens with zero attached hydrogens (tertiary/aromatic N) is 1. The lowest BCUT2D eigenvalue weighted by Crippen LogP contribution is -2.19. The normalized spacial score (nSPS) is 13.6. The summed E-state index contributed by atoms with van der Waals surface area (Å²) in [5, 5.41) is 6.35. The first-order chi connectivity index (χ1) is 11.5. The van der Waals surface area contributed by atoms with Gasteiger partial charge in [-0.15, -0.1) is 11.3 Å². The van der Waals surface area contributed by atoms with Gasteiger partial charge in [0.15, 0.2) is 0 Å². The van der Waals surface area contributed by atoms with Gasteiger partial charge < -0.3 is 15.2 Å². The first-order valence-corrected chi connectivity index (χ1v) is 8.72. The van der Waals surface area contributed by atoms with E-state index in [0.29, 0.717) is 22.1 Å². The molecule has 1 aliphatic carbocycles. The third-order valence-corrected chi connectivity index (χ3v) is 5.05. The largest absolute Gasteiger partial charge is 0.320 e. The Morgan fingerprint density at radius 1 is 1.29 bits per heavy atom. The van der Waals surface area contributed by atoms with Crippen molar-refractivity contribution in [3.05, 3.63) is 45.2 Å². The quantitative estimate of drug-likeness (QED) is 0.874. The van der Waals surface area contributed by atoms with Gasteiger partial charge in [0.05, 0.1) is 15.6 Å². The SMILES string of the molecule is CCn1cc(NC(=O)c2sc(NC(=O)C3CC3)cc2C)ccc1=O. The molecule has 2 heterocycles. The van der Waals surface area contributed by atoms with E-state index in [1.165, 1.54) is 22.0 Å². The first kappa shape index (κ1) is 16.4. The molecule has 2 N–H and O–H groups in total. The second-order valence-corrected chi connectivity index (χ2v) is 6.93. The van der Waals surface area contributed by atoms with Crippen LogP contribution in [0.15, 0.2) is 29.2 Å². The fraction of sp³-hybridized carbons (Fsp3) is 0.353. The van der Waals surface area contributed by atoms with Crippen LogP contribution in [0.2, 0.25) is 0 Å². The number of nitrogens with one attached hydrogen (secondary N) is 2. The molecule has 7 heteroatoms. The summed E-state index contributed by atoms with van der Waals surface area (Å²) in [6.45, 7) is 4.24. The molecule has 0 atom stereocenters. The standard InChI is InChI=1S/C17H19N3O3S/c1-3-20-9-12(6-7-14(20)21)18-17(23)15-10(2)8-13(24-15)19-16(22)11-4-5-11/h6-9,11H,3-5H2,1-2H3,(H,18,23)(H,19,22). The van der Waals surface area contributed by atoms with Crippen LogP contribution in [0, 0.1) is 12.8 Å². The van der Waals surface area contributed by atoms with Gasteiger partial charge in [-0.3, -0.25) is 14.4 Å². The van der Waals surface area contributed by atoms with Gasteiger partial charge in [-0.2, -0.15) is 0 Å². The number of carbonyl (C=O) groups is 2. The van der Waals surface area contributed by atoms with E-state index in [1.807, 2.05) is 19.9 Å². The van der Waals surface area contributed by atoms with Crippen LogP contribution in [0.4, 0.5) is 10.7 Å². The van der Waals surface area contributed by atoms with E-state index >= 15 is 0 Å². The van der Waals surface area contributed by atoms with Crippen LogP contribution in [-0.4, -0.2) is 16.4 Å². The lowest BCUT2D eigenvalue weighted by atomic mass is 10.2. The van der Waals surface area contributed by atoms with Gasteiger partial charge in [-0.1, -0.05) is 0 Å². The maximum Gasteiger partial charge on any atom is 0.266 e. The van der Waals surface area contributed by atoms with Crippen molar-refractivity contribution in [2.75, 3.05) is 10.6 Å². The van der Waals surface area contributed by atoms with Crippen LogP contribution in [0.5, 0.6) is 0 Å². The van der Waals surface area contributed by atoms with E-state index in [2.05, 4.69) is 10.6 Å². The van der Waals surface area contributed by atoms with Crippen LogP contribution >= 0.6 is 11.3 Å². The summed E-state index contributed by atoms with van der Waals surface area (Å²) in [5.41, 5.74) is 1.28. The number of anilines is 2. The fourth-order valence-electron chi connectivity index (χ4n) is 2.38. The first-order valence-electron chi connectivity index (χ1n) is 7.91. The second kappa shape index (κ2) is 6.60. The number of thiophene rings is 1. The van der Waals surface area contributed by atoms with Crippen LogP contribution in [0.25, 0.3) is 0 Å². The fourth-order valence-corrected chi connectivity index (χ4v) is 3.35. The topological polar surface area (TPSA) is 80.2 Å². The summed E-state index contributed by atoms with van der Waals surface area (Å²) in [6.07, 6.45) is 3.51. The molecule has 0 bridgehead atoms. The Kier molecular flexibility index (Phi) is 4.53. The van der Waals surface area contributed by atoms with Gasteiger partial charge >= 0.3 is 0 Å². The smallest absolute Gasteiger partial charge is 0.266 e. The van der Waals surface area contributed by atoms with Gasteiger partial charge in [0.2, 0.25) is 5.91 Å². The second-order valence-electron chi connectivity index (χ2n) is 5.88. The lowest BCUT2D eigenvalue weighted by molar-refractivity contribution is -0.117. The van der Waals surface area contributed by atoms with Crippen molar-refractivity contribution in [2.24, 2.45) is 5.92 Å². The molecule has 0 radical (unpaired) electrons. The molecule has 0 unspecified atom stereocenters. The highest BCUT2D eigenvalue weighted by Gasteiger charge is 2.30. The molecule has 0 aromatic carbocycles. The molecule has 126 valence electrons. The van der Waals surface area contributed by atoms with Gasteiger partial charge in [0, 0.05) is 24.7 Å². The molecule has 0 saturated heterocycles. The predicted molar refractivity (Wildman–Crippen MR) is 94.7 cm³/mol. The highest BCUT2D eigenvalue weighted by Crippen LogP contribution is 2.33. The molecule has 3 rings (SSSR count). The Hall–Kier alpha value is -2.41. The van der Waals surface area contributed by atoms with E-state index in [9.17, 15) is 14.4 Å². The highest BCUT2D eigenvalue weighted by molar-refractivity contribution is 7.18. The zero-order valence-electron chi connectivity index (χ0n) is 13.6. The van der Waals surface area contributed by atoms with Gasteiger partial charge in [0.25, 0.3) is 11.5 Å². The summed E-state index contributed by atoms with van der Waals surface area (Å²) >= 11 is 1.26. The Balaban J connectivity index is 1.73. The Morgan fingerprint density at radius 2 is 2.04 bits per heavy atom. The van der Waals surface area contributed by atoms with Crippen molar-refractivity contribution in [1.29, 1.82) is 0 Å². The average Bonchev–Trinajstić information content (AvgIpc) is 3.33. The third kappa shape index (κ3) is 3.56. The van der Waals surface area contributed by atoms with E-state index in [-0.39, 0.29) is 23.3 Å². The van der Waals surface area contributed by atoms with Gasteiger partial charge in [-0.25, -0.2) is 0 Å².